The van der Waals surface area contributed by atoms with Gasteiger partial charge in [-0.15, -0.1) is 0 Å². The molecule has 0 aliphatic rings. The van der Waals surface area contributed by atoms with Crippen LogP contribution in [-0.2, 0) is 20.9 Å². The number of aryl methyl sites for hydroxylation is 1. The standard InChI is InChI=1S/C32H47N3O4/c1-10-32(8,9)35(29(37)26(20-22(2)3)34-30(38)39-31(5,6)7)27(25-19-15-14-16-23(25)4)28(36)33-21-24-17-12-11-13-18-24/h11-19,22,26-27H,10,20-21H2,1-9H3,(H,33,36)(H,34,38). The van der Waals surface area contributed by atoms with Crippen molar-refractivity contribution in [1.29, 1.82) is 0 Å². The van der Waals surface area contributed by atoms with Gasteiger partial charge in [-0.05, 0) is 77.0 Å². The van der Waals surface area contributed by atoms with Crippen LogP contribution in [0.5, 0.6) is 0 Å². The minimum atomic E-state index is -0.896. The van der Waals surface area contributed by atoms with Crippen LogP contribution in [0.2, 0.25) is 0 Å². The van der Waals surface area contributed by atoms with Gasteiger partial charge in [0.1, 0.15) is 17.7 Å². The fourth-order valence-corrected chi connectivity index (χ4v) is 4.43. The maximum atomic E-state index is 14.5. The highest BCUT2D eigenvalue weighted by Crippen LogP contribution is 2.34. The number of hydrogen-bond donors (Lipinski definition) is 2. The number of carbonyl (C=O) groups excluding carboxylic acids is 3. The number of alkyl carbamates (subject to hydrolysis) is 1. The first-order chi connectivity index (χ1) is 18.2. The molecule has 0 aromatic heterocycles. The maximum absolute atomic E-state index is 14.5. The molecule has 214 valence electrons. The van der Waals surface area contributed by atoms with Gasteiger partial charge in [-0.2, -0.15) is 0 Å². The normalized spacial score (nSPS) is 13.4. The predicted molar refractivity (Wildman–Crippen MR) is 156 cm³/mol. The van der Waals surface area contributed by atoms with E-state index in [2.05, 4.69) is 10.6 Å². The summed E-state index contributed by atoms with van der Waals surface area (Å²) in [6, 6.07) is 15.6. The van der Waals surface area contributed by atoms with Crippen LogP contribution in [0.15, 0.2) is 54.6 Å². The van der Waals surface area contributed by atoms with Gasteiger partial charge in [0.05, 0.1) is 0 Å². The molecule has 0 spiro atoms. The summed E-state index contributed by atoms with van der Waals surface area (Å²) in [6.45, 7) is 17.5. The fourth-order valence-electron chi connectivity index (χ4n) is 4.43. The van der Waals surface area contributed by atoms with E-state index in [-0.39, 0.29) is 17.7 Å². The molecule has 0 aliphatic carbocycles. The Kier molecular flexibility index (Phi) is 11.1. The molecule has 0 aliphatic heterocycles. The molecule has 0 bridgehead atoms. The lowest BCUT2D eigenvalue weighted by atomic mass is 9.89. The lowest BCUT2D eigenvalue weighted by Crippen LogP contribution is -2.59. The topological polar surface area (TPSA) is 87.7 Å². The molecule has 7 heteroatoms. The first-order valence-electron chi connectivity index (χ1n) is 13.9. The first-order valence-corrected chi connectivity index (χ1v) is 13.9. The quantitative estimate of drug-likeness (QED) is 0.352. The minimum Gasteiger partial charge on any atom is -0.444 e. The summed E-state index contributed by atoms with van der Waals surface area (Å²) in [7, 11) is 0. The average molecular weight is 538 g/mol. The number of nitrogens with zero attached hydrogens (tertiary/aromatic N) is 1. The molecular weight excluding hydrogens is 490 g/mol. The Bertz CT molecular complexity index is 1110. The van der Waals surface area contributed by atoms with Gasteiger partial charge in [0.2, 0.25) is 11.8 Å². The number of amides is 3. The third-order valence-corrected chi connectivity index (χ3v) is 6.75. The molecular formula is C32H47N3O4. The summed E-state index contributed by atoms with van der Waals surface area (Å²) in [5.74, 6) is -0.475. The zero-order valence-electron chi connectivity index (χ0n) is 25.1. The largest absolute Gasteiger partial charge is 0.444 e. The molecule has 2 rings (SSSR count). The van der Waals surface area contributed by atoms with E-state index in [0.29, 0.717) is 19.4 Å². The molecule has 0 fully saturated rings. The summed E-state index contributed by atoms with van der Waals surface area (Å²) < 4.78 is 5.49. The Morgan fingerprint density at radius 3 is 2.05 bits per heavy atom. The highest BCUT2D eigenvalue weighted by Gasteiger charge is 2.43. The van der Waals surface area contributed by atoms with E-state index in [1.807, 2.05) is 96.1 Å². The number of benzene rings is 2. The SMILES string of the molecule is CCC(C)(C)N(C(=O)C(CC(C)C)NC(=O)OC(C)(C)C)C(C(=O)NCc1ccccc1)c1ccccc1C. The Morgan fingerprint density at radius 1 is 0.923 bits per heavy atom. The van der Waals surface area contributed by atoms with E-state index in [0.717, 1.165) is 16.7 Å². The van der Waals surface area contributed by atoms with Crippen molar-refractivity contribution in [3.63, 3.8) is 0 Å². The summed E-state index contributed by atoms with van der Waals surface area (Å²) >= 11 is 0. The number of ether oxygens (including phenoxy) is 1. The maximum Gasteiger partial charge on any atom is 0.408 e. The summed E-state index contributed by atoms with van der Waals surface area (Å²) in [5.41, 5.74) is 1.21. The van der Waals surface area contributed by atoms with Gasteiger partial charge in [0, 0.05) is 12.1 Å². The monoisotopic (exact) mass is 537 g/mol. The zero-order chi connectivity index (χ0) is 29.4. The Hall–Kier alpha value is -3.35. The van der Waals surface area contributed by atoms with Crippen molar-refractivity contribution < 1.29 is 19.1 Å². The van der Waals surface area contributed by atoms with Gasteiger partial charge in [-0.1, -0.05) is 75.4 Å². The van der Waals surface area contributed by atoms with Crippen molar-refractivity contribution in [2.75, 3.05) is 0 Å². The van der Waals surface area contributed by atoms with Crippen LogP contribution in [0.25, 0.3) is 0 Å². The third kappa shape index (κ3) is 9.41. The van der Waals surface area contributed by atoms with Crippen LogP contribution in [-0.4, -0.2) is 40.0 Å². The van der Waals surface area contributed by atoms with Crippen molar-refractivity contribution >= 4 is 17.9 Å². The van der Waals surface area contributed by atoms with Gasteiger partial charge < -0.3 is 20.3 Å². The molecule has 0 saturated heterocycles. The lowest BCUT2D eigenvalue weighted by molar-refractivity contribution is -0.149. The highest BCUT2D eigenvalue weighted by atomic mass is 16.6. The number of rotatable bonds is 11. The minimum absolute atomic E-state index is 0.115. The van der Waals surface area contributed by atoms with Crippen molar-refractivity contribution in [2.45, 2.75) is 105 Å². The van der Waals surface area contributed by atoms with Crippen LogP contribution < -0.4 is 10.6 Å². The molecule has 2 atom stereocenters. The molecule has 0 saturated carbocycles. The number of hydrogen-bond acceptors (Lipinski definition) is 4. The van der Waals surface area contributed by atoms with E-state index in [1.165, 1.54) is 0 Å². The van der Waals surface area contributed by atoms with Crippen molar-refractivity contribution in [3.8, 4) is 0 Å². The van der Waals surface area contributed by atoms with E-state index in [1.54, 1.807) is 25.7 Å². The Labute approximate surface area is 234 Å². The second kappa shape index (κ2) is 13.6. The first kappa shape index (κ1) is 31.9. The van der Waals surface area contributed by atoms with Crippen LogP contribution in [0.1, 0.15) is 91.0 Å². The second-order valence-corrected chi connectivity index (χ2v) is 12.2. The molecule has 2 N–H and O–H groups in total. The Morgan fingerprint density at radius 2 is 1.51 bits per heavy atom. The lowest BCUT2D eigenvalue weighted by Gasteiger charge is -2.45. The number of carbonyl (C=O) groups is 3. The van der Waals surface area contributed by atoms with Gasteiger partial charge in [0.25, 0.3) is 0 Å². The van der Waals surface area contributed by atoms with Crippen molar-refractivity contribution in [1.82, 2.24) is 15.5 Å². The molecule has 0 heterocycles. The van der Waals surface area contributed by atoms with Gasteiger partial charge in [-0.3, -0.25) is 9.59 Å². The van der Waals surface area contributed by atoms with Gasteiger partial charge in [0.15, 0.2) is 0 Å². The number of nitrogens with one attached hydrogen (secondary N) is 2. The van der Waals surface area contributed by atoms with Crippen molar-refractivity contribution in [2.24, 2.45) is 5.92 Å². The smallest absolute Gasteiger partial charge is 0.408 e. The predicted octanol–water partition coefficient (Wildman–Crippen LogP) is 6.31. The van der Waals surface area contributed by atoms with Gasteiger partial charge >= 0.3 is 6.09 Å². The summed E-state index contributed by atoms with van der Waals surface area (Å²) in [4.78, 5) is 42.9. The van der Waals surface area contributed by atoms with E-state index < -0.39 is 29.3 Å². The van der Waals surface area contributed by atoms with Crippen LogP contribution in [0.4, 0.5) is 4.79 Å². The molecule has 2 unspecified atom stereocenters. The van der Waals surface area contributed by atoms with Gasteiger partial charge in [-0.25, -0.2) is 4.79 Å². The van der Waals surface area contributed by atoms with Crippen molar-refractivity contribution in [3.05, 3.63) is 71.3 Å². The highest BCUT2D eigenvalue weighted by molar-refractivity contribution is 5.93. The second-order valence-electron chi connectivity index (χ2n) is 12.2. The molecule has 0 radical (unpaired) electrons. The molecule has 2 aromatic carbocycles. The summed E-state index contributed by atoms with van der Waals surface area (Å²) in [6.07, 6.45) is 0.353. The molecule has 39 heavy (non-hydrogen) atoms. The average Bonchev–Trinajstić information content (AvgIpc) is 2.84. The third-order valence-electron chi connectivity index (χ3n) is 6.75. The fraction of sp³-hybridized carbons (Fsp3) is 0.531. The van der Waals surface area contributed by atoms with E-state index in [4.69, 9.17) is 4.74 Å². The Balaban J connectivity index is 2.58. The summed E-state index contributed by atoms with van der Waals surface area (Å²) in [5, 5.41) is 5.88. The van der Waals surface area contributed by atoms with Crippen LogP contribution in [0, 0.1) is 12.8 Å². The molecule has 3 amide bonds. The van der Waals surface area contributed by atoms with Crippen LogP contribution >= 0.6 is 0 Å². The van der Waals surface area contributed by atoms with E-state index >= 15 is 0 Å². The molecule has 2 aromatic rings. The molecule has 7 nitrogen and oxygen atoms in total. The van der Waals surface area contributed by atoms with E-state index in [9.17, 15) is 14.4 Å². The van der Waals surface area contributed by atoms with Crippen LogP contribution in [0.3, 0.4) is 0 Å². The zero-order valence-corrected chi connectivity index (χ0v) is 25.1.